The summed E-state index contributed by atoms with van der Waals surface area (Å²) in [6, 6.07) is 0. The molecule has 0 aromatic carbocycles. The van der Waals surface area contributed by atoms with Gasteiger partial charge in [0.2, 0.25) is 0 Å². The molecule has 0 saturated carbocycles. The van der Waals surface area contributed by atoms with Crippen LogP contribution in [0.3, 0.4) is 0 Å². The number of alkyl carbamates (subject to hydrolysis) is 2. The van der Waals surface area contributed by atoms with Crippen LogP contribution in [0.1, 0.15) is 66.2 Å². The van der Waals surface area contributed by atoms with E-state index in [9.17, 15) is 9.59 Å². The summed E-state index contributed by atoms with van der Waals surface area (Å²) in [5.41, 5.74) is 0. The molecule has 2 unspecified atom stereocenters. The highest BCUT2D eigenvalue weighted by molar-refractivity contribution is 5.85. The molecule has 210 valence electrons. The first-order valence-corrected chi connectivity index (χ1v) is 12.9. The van der Waals surface area contributed by atoms with Crippen molar-refractivity contribution in [3.8, 4) is 0 Å². The molecule has 0 radical (unpaired) electrons. The maximum atomic E-state index is 12.2. The second kappa shape index (κ2) is 23.4. The molecule has 2 atom stereocenters. The van der Waals surface area contributed by atoms with Crippen LogP contribution < -0.4 is 10.6 Å². The number of hydrogen-bond acceptors (Lipinski definition) is 7. The van der Waals surface area contributed by atoms with Gasteiger partial charge in [0.15, 0.2) is 0 Å². The van der Waals surface area contributed by atoms with E-state index in [1.807, 2.05) is 13.8 Å². The summed E-state index contributed by atoms with van der Waals surface area (Å²) in [5.74, 6) is 0. The number of halogens is 2. The summed E-state index contributed by atoms with van der Waals surface area (Å²) < 4.78 is 16.8. The van der Waals surface area contributed by atoms with Crippen molar-refractivity contribution >= 4 is 37.0 Å². The lowest BCUT2D eigenvalue weighted by Crippen LogP contribution is -2.47. The van der Waals surface area contributed by atoms with Crippen LogP contribution in [0.5, 0.6) is 0 Å². The predicted molar refractivity (Wildman–Crippen MR) is 145 cm³/mol. The third-order valence-electron chi connectivity index (χ3n) is 5.82. The van der Waals surface area contributed by atoms with Crippen molar-refractivity contribution in [3.63, 3.8) is 0 Å². The normalized spacial score (nSPS) is 15.3. The number of hydrogen-bond donors (Lipinski definition) is 2. The Bertz CT molecular complexity index is 494. The second-order valence-corrected chi connectivity index (χ2v) is 8.65. The van der Waals surface area contributed by atoms with E-state index in [2.05, 4.69) is 34.3 Å². The topological polar surface area (TPSA) is 92.4 Å². The molecule has 1 saturated heterocycles. The van der Waals surface area contributed by atoms with Crippen molar-refractivity contribution in [1.29, 1.82) is 0 Å². The summed E-state index contributed by atoms with van der Waals surface area (Å²) >= 11 is 0. The van der Waals surface area contributed by atoms with Gasteiger partial charge in [-0.05, 0) is 25.7 Å². The van der Waals surface area contributed by atoms with Crippen LogP contribution in [0.4, 0.5) is 9.59 Å². The molecule has 1 fully saturated rings. The molecule has 0 spiro atoms. The summed E-state index contributed by atoms with van der Waals surface area (Å²) in [6.45, 7) is 15.8. The van der Waals surface area contributed by atoms with Crippen molar-refractivity contribution < 1.29 is 23.8 Å². The van der Waals surface area contributed by atoms with Gasteiger partial charge in [-0.3, -0.25) is 9.80 Å². The number of carbonyl (C=O) groups excluding carboxylic acids is 2. The number of carbonyl (C=O) groups is 2. The highest BCUT2D eigenvalue weighted by atomic mass is 35.5. The highest BCUT2D eigenvalue weighted by Crippen LogP contribution is 2.09. The largest absolute Gasteiger partial charge is 0.445 e. The molecule has 0 aromatic rings. The minimum atomic E-state index is -0.359. The summed E-state index contributed by atoms with van der Waals surface area (Å²) in [6.07, 6.45) is 4.23. The molecule has 1 heterocycles. The zero-order chi connectivity index (χ0) is 24.3. The van der Waals surface area contributed by atoms with Gasteiger partial charge in [0.05, 0.1) is 13.2 Å². The lowest BCUT2D eigenvalue weighted by atomic mass is 10.2. The Hall–Kier alpha value is -1.00. The summed E-state index contributed by atoms with van der Waals surface area (Å²) in [4.78, 5) is 29.0. The number of amides is 2. The Kier molecular flexibility index (Phi) is 24.2. The fourth-order valence-corrected chi connectivity index (χ4v) is 3.56. The summed E-state index contributed by atoms with van der Waals surface area (Å²) in [7, 11) is 0. The van der Waals surface area contributed by atoms with E-state index in [0.29, 0.717) is 26.2 Å². The highest BCUT2D eigenvalue weighted by Gasteiger charge is 2.22. The molecule has 0 aromatic heterocycles. The molecule has 0 bridgehead atoms. The van der Waals surface area contributed by atoms with Gasteiger partial charge >= 0.3 is 12.2 Å². The molecule has 2 N–H and O–H groups in total. The van der Waals surface area contributed by atoms with Crippen molar-refractivity contribution in [1.82, 2.24) is 20.4 Å². The second-order valence-electron chi connectivity index (χ2n) is 8.65. The zero-order valence-electron chi connectivity index (χ0n) is 22.2. The molecule has 1 aliphatic heterocycles. The number of unbranched alkanes of at least 4 members (excludes halogenated alkanes) is 2. The number of nitrogens with zero attached hydrogens (tertiary/aromatic N) is 2. The molecular weight excluding hydrogens is 495 g/mol. The maximum Gasteiger partial charge on any atom is 0.407 e. The van der Waals surface area contributed by atoms with Crippen LogP contribution in [0.25, 0.3) is 0 Å². The average molecular weight is 546 g/mol. The molecule has 0 aliphatic carbocycles. The van der Waals surface area contributed by atoms with E-state index in [0.717, 1.165) is 77.9 Å². The van der Waals surface area contributed by atoms with E-state index in [1.54, 1.807) is 0 Å². The number of morpholine rings is 1. The van der Waals surface area contributed by atoms with Crippen LogP contribution in [0.15, 0.2) is 0 Å². The van der Waals surface area contributed by atoms with Gasteiger partial charge in [0.1, 0.15) is 12.2 Å². The number of ether oxygens (including phenoxy) is 3. The van der Waals surface area contributed by atoms with Gasteiger partial charge in [-0.1, -0.05) is 40.5 Å². The molecule has 2 amide bonds. The molecule has 9 nitrogen and oxygen atoms in total. The van der Waals surface area contributed by atoms with Gasteiger partial charge < -0.3 is 24.8 Å². The van der Waals surface area contributed by atoms with E-state index >= 15 is 0 Å². The Balaban J connectivity index is 0. The Morgan fingerprint density at radius 3 is 1.71 bits per heavy atom. The molecular formula is C24H50Cl2N4O5. The number of rotatable bonds is 17. The van der Waals surface area contributed by atoms with Crippen molar-refractivity contribution in [3.05, 3.63) is 0 Å². The lowest BCUT2D eigenvalue weighted by molar-refractivity contribution is 0.0162. The Morgan fingerprint density at radius 1 is 0.857 bits per heavy atom. The van der Waals surface area contributed by atoms with E-state index in [-0.39, 0.29) is 49.2 Å². The minimum Gasteiger partial charge on any atom is -0.445 e. The Morgan fingerprint density at radius 2 is 1.31 bits per heavy atom. The standard InChI is InChI=1S/C24H48N4O5.2ClH/c1-5-9-11-25-23(29)32-21(7-3)19-28(14-13-27-15-17-31-18-16-27)20-22(8-4)33-24(30)26-12-10-6-2;;/h21-22H,5-20H2,1-4H3,(H,25,29)(H,26,30);2*1H. The average Bonchev–Trinajstić information content (AvgIpc) is 2.82. The lowest BCUT2D eigenvalue weighted by Gasteiger charge is -2.33. The molecule has 1 aliphatic rings. The SMILES string of the molecule is CCCCNC(=O)OC(CC)CN(CCN1CCOCC1)CC(CC)OC(=O)NCCCC.Cl.Cl. The van der Waals surface area contributed by atoms with E-state index in [1.165, 1.54) is 0 Å². The van der Waals surface area contributed by atoms with Crippen LogP contribution >= 0.6 is 24.8 Å². The fourth-order valence-electron chi connectivity index (χ4n) is 3.56. The maximum absolute atomic E-state index is 12.2. The van der Waals surface area contributed by atoms with Crippen molar-refractivity contribution in [2.24, 2.45) is 0 Å². The predicted octanol–water partition coefficient (Wildman–Crippen LogP) is 4.07. The van der Waals surface area contributed by atoms with Crippen molar-refractivity contribution in [2.45, 2.75) is 78.4 Å². The van der Waals surface area contributed by atoms with Crippen LogP contribution in [0, 0.1) is 0 Å². The molecule has 35 heavy (non-hydrogen) atoms. The van der Waals surface area contributed by atoms with E-state index < -0.39 is 0 Å². The van der Waals surface area contributed by atoms with Gasteiger partial charge in [0.25, 0.3) is 0 Å². The smallest absolute Gasteiger partial charge is 0.407 e. The van der Waals surface area contributed by atoms with Crippen LogP contribution in [-0.4, -0.2) is 99.8 Å². The molecule has 1 rings (SSSR count). The number of nitrogens with one attached hydrogen (secondary N) is 2. The van der Waals surface area contributed by atoms with Crippen LogP contribution in [-0.2, 0) is 14.2 Å². The van der Waals surface area contributed by atoms with Gasteiger partial charge in [0, 0.05) is 52.4 Å². The van der Waals surface area contributed by atoms with Gasteiger partial charge in [-0.2, -0.15) is 0 Å². The summed E-state index contributed by atoms with van der Waals surface area (Å²) in [5, 5.41) is 5.66. The zero-order valence-corrected chi connectivity index (χ0v) is 23.9. The quantitative estimate of drug-likeness (QED) is 0.266. The fraction of sp³-hybridized carbons (Fsp3) is 0.917. The first-order valence-electron chi connectivity index (χ1n) is 12.9. The first-order chi connectivity index (χ1) is 16.0. The minimum absolute atomic E-state index is 0. The Labute approximate surface area is 225 Å². The van der Waals surface area contributed by atoms with Gasteiger partial charge in [-0.15, -0.1) is 24.8 Å². The third kappa shape index (κ3) is 18.0. The monoisotopic (exact) mass is 544 g/mol. The van der Waals surface area contributed by atoms with Crippen LogP contribution in [0.2, 0.25) is 0 Å². The van der Waals surface area contributed by atoms with Gasteiger partial charge in [-0.25, -0.2) is 9.59 Å². The first kappa shape index (κ1) is 36.2. The molecule has 11 heteroatoms. The van der Waals surface area contributed by atoms with E-state index in [4.69, 9.17) is 14.2 Å². The van der Waals surface area contributed by atoms with Crippen molar-refractivity contribution in [2.75, 3.05) is 65.6 Å². The third-order valence-corrected chi connectivity index (χ3v) is 5.82.